The maximum absolute atomic E-state index is 12.3. The molecule has 1 atom stereocenters. The van der Waals surface area contributed by atoms with Gasteiger partial charge in [-0.05, 0) is 50.5 Å². The number of nitrogens with zero attached hydrogens (tertiary/aromatic N) is 2. The van der Waals surface area contributed by atoms with Crippen LogP contribution in [0.4, 0.5) is 0 Å². The van der Waals surface area contributed by atoms with Gasteiger partial charge in [0.05, 0.1) is 10.5 Å². The average molecular weight is 368 g/mol. The summed E-state index contributed by atoms with van der Waals surface area (Å²) in [5.74, 6) is -0.841. The molecule has 0 unspecified atom stereocenters. The summed E-state index contributed by atoms with van der Waals surface area (Å²) in [6, 6.07) is 5.47. The molecule has 1 aromatic rings. The van der Waals surface area contributed by atoms with Gasteiger partial charge in [-0.15, -0.1) is 0 Å². The van der Waals surface area contributed by atoms with Gasteiger partial charge in [-0.2, -0.15) is 0 Å². The maximum atomic E-state index is 12.3. The molecular formula is C17H24N2O5S. The minimum Gasteiger partial charge on any atom is -0.449 e. The lowest BCUT2D eigenvalue weighted by Crippen LogP contribution is -2.42. The number of carbonyl (C=O) groups excluding carboxylic acids is 2. The van der Waals surface area contributed by atoms with Crippen LogP contribution in [0, 0.1) is 0 Å². The number of piperidine rings is 1. The van der Waals surface area contributed by atoms with E-state index < -0.39 is 22.1 Å². The second kappa shape index (κ2) is 7.97. The second-order valence-electron chi connectivity index (χ2n) is 6.25. The van der Waals surface area contributed by atoms with Crippen molar-refractivity contribution in [2.45, 2.75) is 37.2 Å². The number of carbonyl (C=O) groups is 2. The minimum absolute atomic E-state index is 0.0893. The molecule has 0 spiro atoms. The van der Waals surface area contributed by atoms with Gasteiger partial charge in [-0.25, -0.2) is 17.5 Å². The lowest BCUT2D eigenvalue weighted by Gasteiger charge is -2.28. The molecular weight excluding hydrogens is 344 g/mol. The SMILES string of the molecule is C[C@@H](OC(=O)c1ccc(S(=O)(=O)N(C)C)cc1)C(=O)N1CCCCC1. The van der Waals surface area contributed by atoms with E-state index in [9.17, 15) is 18.0 Å². The molecule has 1 aliphatic heterocycles. The van der Waals surface area contributed by atoms with Crippen LogP contribution in [-0.2, 0) is 19.6 Å². The van der Waals surface area contributed by atoms with Gasteiger partial charge in [0.1, 0.15) is 0 Å². The third kappa shape index (κ3) is 4.58. The monoisotopic (exact) mass is 368 g/mol. The smallest absolute Gasteiger partial charge is 0.338 e. The summed E-state index contributed by atoms with van der Waals surface area (Å²) in [6.45, 7) is 2.94. The molecule has 1 amide bonds. The summed E-state index contributed by atoms with van der Waals surface area (Å²) in [6.07, 6.45) is 2.18. The van der Waals surface area contributed by atoms with E-state index in [2.05, 4.69) is 0 Å². The highest BCUT2D eigenvalue weighted by atomic mass is 32.2. The van der Waals surface area contributed by atoms with Crippen molar-refractivity contribution in [1.82, 2.24) is 9.21 Å². The van der Waals surface area contributed by atoms with Gasteiger partial charge < -0.3 is 9.64 Å². The third-order valence-corrected chi connectivity index (χ3v) is 6.00. The van der Waals surface area contributed by atoms with Gasteiger partial charge in [0.15, 0.2) is 6.10 Å². The average Bonchev–Trinajstić information content (AvgIpc) is 2.61. The largest absolute Gasteiger partial charge is 0.449 e. The van der Waals surface area contributed by atoms with E-state index in [-0.39, 0.29) is 16.4 Å². The van der Waals surface area contributed by atoms with E-state index >= 15 is 0 Å². The molecule has 25 heavy (non-hydrogen) atoms. The first-order valence-corrected chi connectivity index (χ1v) is 9.70. The first kappa shape index (κ1) is 19.4. The molecule has 1 aliphatic rings. The fourth-order valence-corrected chi connectivity index (χ4v) is 3.53. The molecule has 0 aliphatic carbocycles. The topological polar surface area (TPSA) is 84.0 Å². The van der Waals surface area contributed by atoms with Crippen molar-refractivity contribution in [3.05, 3.63) is 29.8 Å². The van der Waals surface area contributed by atoms with Crippen LogP contribution >= 0.6 is 0 Å². The molecule has 0 N–H and O–H groups in total. The van der Waals surface area contributed by atoms with Crippen LogP contribution in [-0.4, -0.2) is 62.8 Å². The molecule has 1 fully saturated rings. The van der Waals surface area contributed by atoms with Crippen LogP contribution < -0.4 is 0 Å². The van der Waals surface area contributed by atoms with Crippen LogP contribution in [0.3, 0.4) is 0 Å². The molecule has 138 valence electrons. The lowest BCUT2D eigenvalue weighted by molar-refractivity contribution is -0.140. The van der Waals surface area contributed by atoms with Gasteiger partial charge in [0.2, 0.25) is 10.0 Å². The highest BCUT2D eigenvalue weighted by molar-refractivity contribution is 7.89. The predicted molar refractivity (Wildman–Crippen MR) is 92.6 cm³/mol. The molecule has 1 saturated heterocycles. The number of hydrogen-bond donors (Lipinski definition) is 0. The van der Waals surface area contributed by atoms with E-state index in [0.717, 1.165) is 23.6 Å². The van der Waals surface area contributed by atoms with Crippen LogP contribution in [0.5, 0.6) is 0 Å². The van der Waals surface area contributed by atoms with E-state index in [0.29, 0.717) is 13.1 Å². The zero-order chi connectivity index (χ0) is 18.6. The first-order chi connectivity index (χ1) is 11.7. The van der Waals surface area contributed by atoms with Crippen molar-refractivity contribution >= 4 is 21.9 Å². The molecule has 0 radical (unpaired) electrons. The van der Waals surface area contributed by atoms with Crippen LogP contribution in [0.2, 0.25) is 0 Å². The number of benzene rings is 1. The highest BCUT2D eigenvalue weighted by Gasteiger charge is 2.25. The summed E-state index contributed by atoms with van der Waals surface area (Å²) in [7, 11) is -0.678. The fourth-order valence-electron chi connectivity index (χ4n) is 2.62. The van der Waals surface area contributed by atoms with Crippen molar-refractivity contribution in [2.75, 3.05) is 27.2 Å². The van der Waals surface area contributed by atoms with E-state index in [1.165, 1.54) is 38.4 Å². The Morgan fingerprint density at radius 2 is 1.64 bits per heavy atom. The van der Waals surface area contributed by atoms with Crippen molar-refractivity contribution in [3.63, 3.8) is 0 Å². The van der Waals surface area contributed by atoms with Gasteiger partial charge in [-0.1, -0.05) is 0 Å². The Morgan fingerprint density at radius 1 is 1.08 bits per heavy atom. The zero-order valence-electron chi connectivity index (χ0n) is 14.8. The molecule has 0 aromatic heterocycles. The summed E-state index contributed by atoms with van der Waals surface area (Å²) in [4.78, 5) is 26.3. The van der Waals surface area contributed by atoms with Crippen molar-refractivity contribution in [3.8, 4) is 0 Å². The van der Waals surface area contributed by atoms with Crippen LogP contribution in [0.25, 0.3) is 0 Å². The Kier molecular flexibility index (Phi) is 6.18. The summed E-state index contributed by atoms with van der Waals surface area (Å²) in [5.41, 5.74) is 0.205. The summed E-state index contributed by atoms with van der Waals surface area (Å²) in [5, 5.41) is 0. The number of ether oxygens (including phenoxy) is 1. The van der Waals surface area contributed by atoms with E-state index in [1.807, 2.05) is 0 Å². The predicted octanol–water partition coefficient (Wildman–Crippen LogP) is 1.49. The van der Waals surface area contributed by atoms with Crippen molar-refractivity contribution in [1.29, 1.82) is 0 Å². The molecule has 1 aromatic carbocycles. The Morgan fingerprint density at radius 3 is 2.16 bits per heavy atom. The molecule has 8 heteroatoms. The summed E-state index contributed by atoms with van der Waals surface area (Å²) < 4.78 is 30.4. The Labute approximate surface area is 148 Å². The standard InChI is InChI=1S/C17H24N2O5S/c1-13(16(20)19-11-5-4-6-12-19)24-17(21)14-7-9-15(10-8-14)25(22,23)18(2)3/h7-10,13H,4-6,11-12H2,1-3H3/t13-/m1/s1. The Bertz CT molecular complexity index is 722. The minimum atomic E-state index is -3.55. The second-order valence-corrected chi connectivity index (χ2v) is 8.40. The number of hydrogen-bond acceptors (Lipinski definition) is 5. The molecule has 1 heterocycles. The highest BCUT2D eigenvalue weighted by Crippen LogP contribution is 2.16. The van der Waals surface area contributed by atoms with Gasteiger partial charge in [0.25, 0.3) is 5.91 Å². The third-order valence-electron chi connectivity index (χ3n) is 4.17. The first-order valence-electron chi connectivity index (χ1n) is 8.26. The molecule has 7 nitrogen and oxygen atoms in total. The van der Waals surface area contributed by atoms with E-state index in [1.54, 1.807) is 11.8 Å². The molecule has 0 saturated carbocycles. The Hall–Kier alpha value is -1.93. The van der Waals surface area contributed by atoms with Crippen LogP contribution in [0.15, 0.2) is 29.2 Å². The van der Waals surface area contributed by atoms with E-state index in [4.69, 9.17) is 4.74 Å². The van der Waals surface area contributed by atoms with Gasteiger partial charge in [-0.3, -0.25) is 4.79 Å². The zero-order valence-corrected chi connectivity index (χ0v) is 15.6. The van der Waals surface area contributed by atoms with Crippen molar-refractivity contribution < 1.29 is 22.7 Å². The normalized spacial score (nSPS) is 16.6. The number of sulfonamides is 1. The number of amides is 1. The number of esters is 1. The van der Waals surface area contributed by atoms with Crippen LogP contribution in [0.1, 0.15) is 36.5 Å². The number of likely N-dealkylation sites (tertiary alicyclic amines) is 1. The van der Waals surface area contributed by atoms with Crippen molar-refractivity contribution in [2.24, 2.45) is 0 Å². The number of rotatable bonds is 5. The molecule has 2 rings (SSSR count). The summed E-state index contributed by atoms with van der Waals surface area (Å²) >= 11 is 0. The molecule has 0 bridgehead atoms. The van der Waals surface area contributed by atoms with Gasteiger partial charge in [0, 0.05) is 27.2 Å². The fraction of sp³-hybridized carbons (Fsp3) is 0.529. The van der Waals surface area contributed by atoms with Gasteiger partial charge >= 0.3 is 5.97 Å². The Balaban J connectivity index is 2.02. The lowest BCUT2D eigenvalue weighted by atomic mass is 10.1. The quantitative estimate of drug-likeness (QED) is 0.736. The maximum Gasteiger partial charge on any atom is 0.338 e.